The van der Waals surface area contributed by atoms with Crippen LogP contribution in [0.5, 0.6) is 0 Å². The molecule has 0 saturated heterocycles. The fourth-order valence-electron chi connectivity index (χ4n) is 1.45. The lowest BCUT2D eigenvalue weighted by Gasteiger charge is -1.91. The maximum atomic E-state index is 5.64. The summed E-state index contributed by atoms with van der Waals surface area (Å²) in [6, 6.07) is 13.7. The fourth-order valence-corrected chi connectivity index (χ4v) is 2.76. The van der Waals surface area contributed by atoms with Gasteiger partial charge >= 0.3 is 0 Å². The van der Waals surface area contributed by atoms with Crippen molar-refractivity contribution < 1.29 is 4.42 Å². The van der Waals surface area contributed by atoms with Gasteiger partial charge in [-0.25, -0.2) is 0 Å². The first-order valence-electron chi connectivity index (χ1n) is 4.97. The molecule has 84 valence electrons. The summed E-state index contributed by atoms with van der Waals surface area (Å²) in [7, 11) is 0. The van der Waals surface area contributed by atoms with Crippen molar-refractivity contribution in [1.82, 2.24) is 10.2 Å². The van der Waals surface area contributed by atoms with E-state index in [2.05, 4.69) is 26.1 Å². The number of hydrogen-bond acceptors (Lipinski definition) is 4. The third-order valence-corrected chi connectivity index (χ3v) is 3.84. The number of halogens is 1. The molecule has 2 aromatic heterocycles. The average Bonchev–Trinajstić information content (AvgIpc) is 2.98. The van der Waals surface area contributed by atoms with Crippen molar-refractivity contribution in [2.45, 2.75) is 0 Å². The smallest absolute Gasteiger partial charge is 0.258 e. The lowest BCUT2D eigenvalue weighted by molar-refractivity contribution is 0.586. The summed E-state index contributed by atoms with van der Waals surface area (Å²) in [5.74, 6) is 1.10. The van der Waals surface area contributed by atoms with Gasteiger partial charge in [-0.05, 0) is 40.2 Å². The number of aromatic nitrogens is 2. The summed E-state index contributed by atoms with van der Waals surface area (Å²) in [6.07, 6.45) is 0. The van der Waals surface area contributed by atoms with Gasteiger partial charge in [-0.1, -0.05) is 18.2 Å². The van der Waals surface area contributed by atoms with Crippen molar-refractivity contribution in [3.05, 3.63) is 46.3 Å². The zero-order valence-corrected chi connectivity index (χ0v) is 11.0. The highest BCUT2D eigenvalue weighted by Crippen LogP contribution is 2.31. The van der Waals surface area contributed by atoms with Crippen LogP contribution in [0.4, 0.5) is 0 Å². The molecule has 3 aromatic rings. The Bertz CT molecular complexity index is 633. The molecule has 2 heterocycles. The Hall–Kier alpha value is -1.46. The van der Waals surface area contributed by atoms with Crippen molar-refractivity contribution in [3.8, 4) is 22.2 Å². The lowest BCUT2D eigenvalue weighted by atomic mass is 10.2. The number of rotatable bonds is 2. The molecule has 0 spiro atoms. The van der Waals surface area contributed by atoms with Crippen molar-refractivity contribution in [2.24, 2.45) is 0 Å². The molecular formula is C12H7BrN2OS. The monoisotopic (exact) mass is 306 g/mol. The second kappa shape index (κ2) is 4.43. The van der Waals surface area contributed by atoms with Crippen LogP contribution < -0.4 is 0 Å². The highest BCUT2D eigenvalue weighted by molar-refractivity contribution is 9.11. The molecular weight excluding hydrogens is 300 g/mol. The first-order valence-corrected chi connectivity index (χ1v) is 6.58. The third kappa shape index (κ3) is 2.16. The number of nitrogens with zero attached hydrogens (tertiary/aromatic N) is 2. The van der Waals surface area contributed by atoms with Crippen LogP contribution in [0.25, 0.3) is 22.2 Å². The molecule has 0 aliphatic heterocycles. The molecule has 0 fully saturated rings. The maximum absolute atomic E-state index is 5.64. The highest BCUT2D eigenvalue weighted by atomic mass is 79.9. The standard InChI is InChI=1S/C12H7BrN2OS/c13-10-7-6-9(17-10)12-15-14-11(16-12)8-4-2-1-3-5-8/h1-7H. The minimum absolute atomic E-state index is 0.546. The van der Waals surface area contributed by atoms with Crippen molar-refractivity contribution >= 4 is 27.3 Å². The van der Waals surface area contributed by atoms with E-state index in [1.165, 1.54) is 0 Å². The summed E-state index contributed by atoms with van der Waals surface area (Å²) >= 11 is 4.98. The van der Waals surface area contributed by atoms with Crippen LogP contribution in [0.15, 0.2) is 50.7 Å². The van der Waals surface area contributed by atoms with E-state index in [1.54, 1.807) is 11.3 Å². The highest BCUT2D eigenvalue weighted by Gasteiger charge is 2.11. The summed E-state index contributed by atoms with van der Waals surface area (Å²) in [4.78, 5) is 0.964. The van der Waals surface area contributed by atoms with Crippen molar-refractivity contribution in [3.63, 3.8) is 0 Å². The van der Waals surface area contributed by atoms with Gasteiger partial charge in [-0.15, -0.1) is 21.5 Å². The van der Waals surface area contributed by atoms with E-state index in [-0.39, 0.29) is 0 Å². The molecule has 0 atom stereocenters. The average molecular weight is 307 g/mol. The van der Waals surface area contributed by atoms with Crippen LogP contribution in [-0.2, 0) is 0 Å². The molecule has 1 aromatic carbocycles. The van der Waals surface area contributed by atoms with Crippen LogP contribution >= 0.6 is 27.3 Å². The molecule has 0 amide bonds. The Kier molecular flexibility index (Phi) is 2.78. The molecule has 0 aliphatic carbocycles. The predicted octanol–water partition coefficient (Wildman–Crippen LogP) is 4.23. The zero-order chi connectivity index (χ0) is 11.7. The van der Waals surface area contributed by atoms with Gasteiger partial charge in [0.15, 0.2) is 0 Å². The topological polar surface area (TPSA) is 38.9 Å². The molecule has 0 unspecified atom stereocenters. The third-order valence-electron chi connectivity index (χ3n) is 2.23. The Labute approximate surface area is 110 Å². The summed E-state index contributed by atoms with van der Waals surface area (Å²) in [6.45, 7) is 0. The van der Waals surface area contributed by atoms with E-state index in [0.717, 1.165) is 14.2 Å². The van der Waals surface area contributed by atoms with E-state index in [1.807, 2.05) is 42.5 Å². The van der Waals surface area contributed by atoms with Crippen LogP contribution in [0.1, 0.15) is 0 Å². The van der Waals surface area contributed by atoms with E-state index >= 15 is 0 Å². The minimum atomic E-state index is 0.546. The molecule has 3 rings (SSSR count). The minimum Gasteiger partial charge on any atom is -0.415 e. The van der Waals surface area contributed by atoms with Crippen LogP contribution in [0.3, 0.4) is 0 Å². The second-order valence-electron chi connectivity index (χ2n) is 3.38. The Morgan fingerprint density at radius 2 is 1.71 bits per heavy atom. The number of hydrogen-bond donors (Lipinski definition) is 0. The predicted molar refractivity (Wildman–Crippen MR) is 70.7 cm³/mol. The first kappa shape index (κ1) is 10.7. The molecule has 0 bridgehead atoms. The summed E-state index contributed by atoms with van der Waals surface area (Å²) in [5, 5.41) is 8.10. The van der Waals surface area contributed by atoms with Crippen molar-refractivity contribution in [1.29, 1.82) is 0 Å². The van der Waals surface area contributed by atoms with Gasteiger partial charge in [-0.2, -0.15) is 0 Å². The second-order valence-corrected chi connectivity index (χ2v) is 5.85. The molecule has 5 heteroatoms. The molecule has 0 N–H and O–H groups in total. The van der Waals surface area contributed by atoms with E-state index < -0.39 is 0 Å². The van der Waals surface area contributed by atoms with Gasteiger partial charge in [0.05, 0.1) is 8.66 Å². The van der Waals surface area contributed by atoms with E-state index in [0.29, 0.717) is 11.8 Å². The van der Waals surface area contributed by atoms with Gasteiger partial charge in [0.1, 0.15) is 0 Å². The SMILES string of the molecule is Brc1ccc(-c2nnc(-c3ccccc3)o2)s1. The first-order chi connectivity index (χ1) is 8.33. The fraction of sp³-hybridized carbons (Fsp3) is 0. The quantitative estimate of drug-likeness (QED) is 0.711. The zero-order valence-electron chi connectivity index (χ0n) is 8.63. The lowest BCUT2D eigenvalue weighted by Crippen LogP contribution is -1.75. The van der Waals surface area contributed by atoms with Gasteiger partial charge < -0.3 is 4.42 Å². The maximum Gasteiger partial charge on any atom is 0.258 e. The van der Waals surface area contributed by atoms with Gasteiger partial charge in [-0.3, -0.25) is 0 Å². The van der Waals surface area contributed by atoms with Crippen LogP contribution in [0, 0.1) is 0 Å². The molecule has 0 radical (unpaired) electrons. The number of benzene rings is 1. The largest absolute Gasteiger partial charge is 0.415 e. The number of thiophene rings is 1. The molecule has 3 nitrogen and oxygen atoms in total. The molecule has 17 heavy (non-hydrogen) atoms. The summed E-state index contributed by atoms with van der Waals surface area (Å²) < 4.78 is 6.68. The summed E-state index contributed by atoms with van der Waals surface area (Å²) in [5.41, 5.74) is 0.932. The van der Waals surface area contributed by atoms with Gasteiger partial charge in [0, 0.05) is 5.56 Å². The molecule has 0 aliphatic rings. The van der Waals surface area contributed by atoms with E-state index in [4.69, 9.17) is 4.42 Å². The molecule has 0 saturated carbocycles. The van der Waals surface area contributed by atoms with Gasteiger partial charge in [0.2, 0.25) is 5.89 Å². The van der Waals surface area contributed by atoms with E-state index in [9.17, 15) is 0 Å². The Morgan fingerprint density at radius 1 is 0.941 bits per heavy atom. The van der Waals surface area contributed by atoms with Crippen molar-refractivity contribution in [2.75, 3.05) is 0 Å². The van der Waals surface area contributed by atoms with Crippen LogP contribution in [0.2, 0.25) is 0 Å². The van der Waals surface area contributed by atoms with Crippen LogP contribution in [-0.4, -0.2) is 10.2 Å². The normalized spacial score (nSPS) is 10.6. The Balaban J connectivity index is 1.99. The Morgan fingerprint density at radius 3 is 2.41 bits per heavy atom. The van der Waals surface area contributed by atoms with Gasteiger partial charge in [0.25, 0.3) is 5.89 Å².